The van der Waals surface area contributed by atoms with E-state index in [1.54, 1.807) is 54.6 Å². The van der Waals surface area contributed by atoms with Gasteiger partial charge in [-0.25, -0.2) is 4.79 Å². The Morgan fingerprint density at radius 1 is 0.829 bits per heavy atom. The van der Waals surface area contributed by atoms with Crippen molar-refractivity contribution in [2.75, 3.05) is 26.2 Å². The number of rotatable bonds is 6. The maximum atomic E-state index is 13.3. The molecule has 1 heterocycles. The maximum absolute atomic E-state index is 13.3. The molecule has 0 radical (unpaired) electrons. The van der Waals surface area contributed by atoms with Gasteiger partial charge in [0.1, 0.15) is 5.76 Å². The highest BCUT2D eigenvalue weighted by Gasteiger charge is 2.47. The maximum Gasteiger partial charge on any atom is 0.337 e. The van der Waals surface area contributed by atoms with E-state index in [1.807, 2.05) is 6.07 Å². The number of carbonyl (C=O) groups is 3. The molecule has 178 valence electrons. The second kappa shape index (κ2) is 9.72. The zero-order valence-electron chi connectivity index (χ0n) is 19.3. The second-order valence-corrected chi connectivity index (χ2v) is 7.69. The second-order valence-electron chi connectivity index (χ2n) is 7.69. The van der Waals surface area contributed by atoms with Crippen molar-refractivity contribution in [3.63, 3.8) is 0 Å². The first-order chi connectivity index (χ1) is 16.9. The van der Waals surface area contributed by atoms with Crippen LogP contribution in [0.5, 0.6) is 11.5 Å². The number of anilines is 1. The SMILES string of the molecule is COC(=O)c1cccc(N2C(=O)C(=O)/C(=C(/O)c3ccc(OC)c(OC)c3)C2c2ccccc2)c1. The van der Waals surface area contributed by atoms with Gasteiger partial charge in [-0.05, 0) is 42.0 Å². The van der Waals surface area contributed by atoms with Gasteiger partial charge in [0, 0.05) is 11.3 Å². The van der Waals surface area contributed by atoms with E-state index in [0.29, 0.717) is 22.7 Å². The third-order valence-electron chi connectivity index (χ3n) is 5.76. The molecular formula is C27H23NO7. The van der Waals surface area contributed by atoms with E-state index in [4.69, 9.17) is 14.2 Å². The monoisotopic (exact) mass is 473 g/mol. The van der Waals surface area contributed by atoms with E-state index < -0.39 is 23.7 Å². The fourth-order valence-corrected chi connectivity index (χ4v) is 4.09. The lowest BCUT2D eigenvalue weighted by Gasteiger charge is -2.25. The van der Waals surface area contributed by atoms with Crippen LogP contribution in [0.25, 0.3) is 5.76 Å². The Hall–Kier alpha value is -4.59. The van der Waals surface area contributed by atoms with Crippen molar-refractivity contribution in [2.45, 2.75) is 6.04 Å². The number of hydrogen-bond acceptors (Lipinski definition) is 7. The molecule has 1 N–H and O–H groups in total. The highest BCUT2D eigenvalue weighted by Crippen LogP contribution is 2.43. The molecule has 1 unspecified atom stereocenters. The molecule has 1 saturated heterocycles. The van der Waals surface area contributed by atoms with Crippen molar-refractivity contribution in [1.29, 1.82) is 0 Å². The minimum atomic E-state index is -0.933. The fraction of sp³-hybridized carbons (Fsp3) is 0.148. The van der Waals surface area contributed by atoms with Crippen LogP contribution in [-0.4, -0.2) is 44.1 Å². The number of nitrogens with zero attached hydrogens (tertiary/aromatic N) is 1. The first-order valence-corrected chi connectivity index (χ1v) is 10.7. The van der Waals surface area contributed by atoms with Crippen LogP contribution in [0.3, 0.4) is 0 Å². The highest BCUT2D eigenvalue weighted by atomic mass is 16.5. The number of amides is 1. The third kappa shape index (κ3) is 4.21. The van der Waals surface area contributed by atoms with Crippen LogP contribution >= 0.6 is 0 Å². The quantitative estimate of drug-likeness (QED) is 0.249. The van der Waals surface area contributed by atoms with E-state index in [2.05, 4.69) is 0 Å². The smallest absolute Gasteiger partial charge is 0.337 e. The topological polar surface area (TPSA) is 102 Å². The Morgan fingerprint density at radius 2 is 1.54 bits per heavy atom. The molecule has 3 aromatic carbocycles. The van der Waals surface area contributed by atoms with Crippen molar-refractivity contribution in [1.82, 2.24) is 0 Å². The first-order valence-electron chi connectivity index (χ1n) is 10.7. The summed E-state index contributed by atoms with van der Waals surface area (Å²) in [7, 11) is 4.20. The zero-order valence-corrected chi connectivity index (χ0v) is 19.3. The van der Waals surface area contributed by atoms with Crippen molar-refractivity contribution >= 4 is 29.1 Å². The number of aliphatic hydroxyl groups excluding tert-OH is 1. The van der Waals surface area contributed by atoms with Gasteiger partial charge in [-0.1, -0.05) is 36.4 Å². The van der Waals surface area contributed by atoms with Crippen molar-refractivity contribution in [3.05, 3.63) is 95.1 Å². The van der Waals surface area contributed by atoms with E-state index in [-0.39, 0.29) is 22.5 Å². The van der Waals surface area contributed by atoms with E-state index >= 15 is 0 Å². The van der Waals surface area contributed by atoms with Gasteiger partial charge in [0.15, 0.2) is 11.5 Å². The van der Waals surface area contributed by atoms with E-state index in [1.165, 1.54) is 38.4 Å². The Morgan fingerprint density at radius 3 is 2.20 bits per heavy atom. The average molecular weight is 473 g/mol. The number of aliphatic hydroxyl groups is 1. The molecule has 1 fully saturated rings. The van der Waals surface area contributed by atoms with Crippen LogP contribution in [0.15, 0.2) is 78.4 Å². The predicted molar refractivity (Wildman–Crippen MR) is 129 cm³/mol. The number of esters is 1. The molecule has 0 aromatic heterocycles. The van der Waals surface area contributed by atoms with E-state index in [0.717, 1.165) is 0 Å². The Balaban J connectivity index is 1.92. The normalized spacial score (nSPS) is 16.8. The summed E-state index contributed by atoms with van der Waals surface area (Å²) in [5.41, 5.74) is 1.34. The van der Waals surface area contributed by atoms with Crippen molar-refractivity contribution < 1.29 is 33.7 Å². The molecule has 1 aliphatic rings. The number of benzene rings is 3. The largest absolute Gasteiger partial charge is 0.507 e. The van der Waals surface area contributed by atoms with Crippen LogP contribution in [0, 0.1) is 0 Å². The fourth-order valence-electron chi connectivity index (χ4n) is 4.09. The van der Waals surface area contributed by atoms with Crippen LogP contribution in [-0.2, 0) is 14.3 Å². The standard InChI is InChI=1S/C27H23NO7/c1-33-20-13-12-17(15-21(20)34-2)24(29)22-23(16-8-5-4-6-9-16)28(26(31)25(22)30)19-11-7-10-18(14-19)27(32)35-3/h4-15,23,29H,1-3H3/b24-22+. The highest BCUT2D eigenvalue weighted by molar-refractivity contribution is 6.51. The Kier molecular flexibility index (Phi) is 6.55. The average Bonchev–Trinajstić information content (AvgIpc) is 3.17. The van der Waals surface area contributed by atoms with Gasteiger partial charge in [-0.15, -0.1) is 0 Å². The predicted octanol–water partition coefficient (Wildman–Crippen LogP) is 4.12. The molecule has 8 nitrogen and oxygen atoms in total. The number of ether oxygens (including phenoxy) is 3. The van der Waals surface area contributed by atoms with Gasteiger partial charge in [-0.3, -0.25) is 14.5 Å². The number of carbonyl (C=O) groups excluding carboxylic acids is 3. The molecule has 8 heteroatoms. The van der Waals surface area contributed by atoms with Crippen LogP contribution in [0.1, 0.15) is 27.5 Å². The summed E-state index contributed by atoms with van der Waals surface area (Å²) in [6.45, 7) is 0. The third-order valence-corrected chi connectivity index (χ3v) is 5.76. The van der Waals surface area contributed by atoms with Crippen LogP contribution in [0.4, 0.5) is 5.69 Å². The molecular weight excluding hydrogens is 450 g/mol. The van der Waals surface area contributed by atoms with Gasteiger partial charge in [-0.2, -0.15) is 0 Å². The van der Waals surface area contributed by atoms with Gasteiger partial charge >= 0.3 is 5.97 Å². The van der Waals surface area contributed by atoms with Crippen LogP contribution in [0.2, 0.25) is 0 Å². The van der Waals surface area contributed by atoms with Gasteiger partial charge in [0.05, 0.1) is 38.5 Å². The number of hydrogen-bond donors (Lipinski definition) is 1. The van der Waals surface area contributed by atoms with Gasteiger partial charge in [0.2, 0.25) is 0 Å². The molecule has 1 amide bonds. The minimum Gasteiger partial charge on any atom is -0.507 e. The number of ketones is 1. The lowest BCUT2D eigenvalue weighted by atomic mass is 9.95. The lowest BCUT2D eigenvalue weighted by Crippen LogP contribution is -2.29. The first kappa shape index (κ1) is 23.6. The zero-order chi connectivity index (χ0) is 25.1. The summed E-state index contributed by atoms with van der Waals surface area (Å²) in [5, 5.41) is 11.3. The Bertz CT molecular complexity index is 1330. The number of methoxy groups -OCH3 is 3. The van der Waals surface area contributed by atoms with Gasteiger partial charge < -0.3 is 19.3 Å². The summed E-state index contributed by atoms with van der Waals surface area (Å²) < 4.78 is 15.4. The molecule has 35 heavy (non-hydrogen) atoms. The van der Waals surface area contributed by atoms with Crippen molar-refractivity contribution in [3.8, 4) is 11.5 Å². The summed E-state index contributed by atoms with van der Waals surface area (Å²) in [5.74, 6) is -1.82. The van der Waals surface area contributed by atoms with Gasteiger partial charge in [0.25, 0.3) is 11.7 Å². The summed E-state index contributed by atoms with van der Waals surface area (Å²) in [6, 6.07) is 18.9. The molecule has 1 aliphatic heterocycles. The molecule has 0 spiro atoms. The van der Waals surface area contributed by atoms with E-state index in [9.17, 15) is 19.5 Å². The van der Waals surface area contributed by atoms with Crippen molar-refractivity contribution in [2.24, 2.45) is 0 Å². The molecule has 3 aromatic rings. The Labute approximate surface area is 202 Å². The number of Topliss-reactive ketones (excluding diaryl/α,β-unsaturated/α-hetero) is 1. The lowest BCUT2D eigenvalue weighted by molar-refractivity contribution is -0.132. The molecule has 0 aliphatic carbocycles. The molecule has 1 atom stereocenters. The summed E-state index contributed by atoms with van der Waals surface area (Å²) in [4.78, 5) is 39.9. The van der Waals surface area contributed by atoms with Crippen LogP contribution < -0.4 is 14.4 Å². The minimum absolute atomic E-state index is 0.0862. The molecule has 0 bridgehead atoms. The summed E-state index contributed by atoms with van der Waals surface area (Å²) >= 11 is 0. The summed E-state index contributed by atoms with van der Waals surface area (Å²) in [6.07, 6.45) is 0. The molecule has 4 rings (SSSR count). The molecule has 0 saturated carbocycles.